The molecule has 0 unspecified atom stereocenters. The van der Waals surface area contributed by atoms with Gasteiger partial charge >= 0.3 is 0 Å². The fraction of sp³-hybridized carbons (Fsp3) is 0.500. The van der Waals surface area contributed by atoms with Crippen LogP contribution in [0.25, 0.3) is 0 Å². The van der Waals surface area contributed by atoms with Crippen molar-refractivity contribution in [1.82, 2.24) is 5.32 Å². The molecule has 4 nitrogen and oxygen atoms in total. The Morgan fingerprint density at radius 3 is 2.89 bits per heavy atom. The zero-order chi connectivity index (χ0) is 12.6. The number of piperazine rings is 1. The van der Waals surface area contributed by atoms with Crippen molar-refractivity contribution in [2.24, 2.45) is 0 Å². The summed E-state index contributed by atoms with van der Waals surface area (Å²) >= 11 is 0. The Bertz CT molecular complexity index is 465. The van der Waals surface area contributed by atoms with E-state index < -0.39 is 0 Å². The molecule has 0 radical (unpaired) electrons. The SMILES string of the molecule is N=Cc1cc(N2CCNCC23CCC3)ccc1N. The number of rotatable bonds is 2. The van der Waals surface area contributed by atoms with Crippen molar-refractivity contribution in [3.8, 4) is 0 Å². The van der Waals surface area contributed by atoms with Crippen molar-refractivity contribution < 1.29 is 0 Å². The van der Waals surface area contributed by atoms with E-state index in [4.69, 9.17) is 11.1 Å². The van der Waals surface area contributed by atoms with Crippen molar-refractivity contribution in [3.05, 3.63) is 23.8 Å². The molecule has 0 aromatic heterocycles. The number of hydrogen-bond donors (Lipinski definition) is 3. The molecule has 18 heavy (non-hydrogen) atoms. The lowest BCUT2D eigenvalue weighted by Gasteiger charge is -2.54. The predicted molar refractivity (Wildman–Crippen MR) is 75.5 cm³/mol. The first-order valence-corrected chi connectivity index (χ1v) is 6.64. The van der Waals surface area contributed by atoms with E-state index in [0.29, 0.717) is 11.2 Å². The Kier molecular flexibility index (Phi) is 2.74. The minimum absolute atomic E-state index is 0.313. The largest absolute Gasteiger partial charge is 0.398 e. The number of nitrogens with two attached hydrogens (primary N) is 1. The van der Waals surface area contributed by atoms with Gasteiger partial charge < -0.3 is 21.4 Å². The van der Waals surface area contributed by atoms with Crippen molar-refractivity contribution >= 4 is 17.6 Å². The van der Waals surface area contributed by atoms with E-state index in [1.54, 1.807) is 0 Å². The van der Waals surface area contributed by atoms with Gasteiger partial charge in [-0.05, 0) is 37.5 Å². The van der Waals surface area contributed by atoms with Gasteiger partial charge in [-0.25, -0.2) is 0 Å². The molecule has 1 spiro atoms. The maximum Gasteiger partial charge on any atom is 0.0527 e. The first kappa shape index (κ1) is 11.5. The molecule has 0 amide bonds. The fourth-order valence-electron chi connectivity index (χ4n) is 3.13. The van der Waals surface area contributed by atoms with E-state index in [2.05, 4.69) is 16.3 Å². The minimum atomic E-state index is 0.313. The molecule has 2 aliphatic rings. The lowest BCUT2D eigenvalue weighted by molar-refractivity contribution is 0.199. The van der Waals surface area contributed by atoms with E-state index in [-0.39, 0.29) is 0 Å². The summed E-state index contributed by atoms with van der Waals surface area (Å²) in [5.74, 6) is 0. The van der Waals surface area contributed by atoms with Crippen LogP contribution in [0.1, 0.15) is 24.8 Å². The summed E-state index contributed by atoms with van der Waals surface area (Å²) in [6.07, 6.45) is 5.20. The van der Waals surface area contributed by atoms with Gasteiger partial charge in [-0.2, -0.15) is 0 Å². The molecule has 1 aliphatic heterocycles. The van der Waals surface area contributed by atoms with Crippen LogP contribution in [-0.4, -0.2) is 31.4 Å². The lowest BCUT2D eigenvalue weighted by Crippen LogP contribution is -2.65. The predicted octanol–water partition coefficient (Wildman–Crippen LogP) is 1.60. The fourth-order valence-corrected chi connectivity index (χ4v) is 3.13. The van der Waals surface area contributed by atoms with E-state index in [0.717, 1.165) is 25.2 Å². The molecule has 1 aromatic rings. The summed E-state index contributed by atoms with van der Waals surface area (Å²) in [5, 5.41) is 10.9. The van der Waals surface area contributed by atoms with Crippen LogP contribution in [0.2, 0.25) is 0 Å². The minimum Gasteiger partial charge on any atom is -0.398 e. The first-order valence-electron chi connectivity index (χ1n) is 6.64. The smallest absolute Gasteiger partial charge is 0.0527 e. The molecule has 4 N–H and O–H groups in total. The van der Waals surface area contributed by atoms with Gasteiger partial charge in [-0.15, -0.1) is 0 Å². The molecule has 2 fully saturated rings. The van der Waals surface area contributed by atoms with Crippen LogP contribution >= 0.6 is 0 Å². The maximum absolute atomic E-state index is 7.42. The van der Waals surface area contributed by atoms with Crippen LogP contribution in [0.4, 0.5) is 11.4 Å². The van der Waals surface area contributed by atoms with Crippen LogP contribution < -0.4 is 16.0 Å². The molecule has 4 heteroatoms. The van der Waals surface area contributed by atoms with Crippen LogP contribution in [0.15, 0.2) is 18.2 Å². The van der Waals surface area contributed by atoms with Crippen molar-refractivity contribution in [2.45, 2.75) is 24.8 Å². The molecule has 1 heterocycles. The average Bonchev–Trinajstić information content (AvgIpc) is 2.37. The van der Waals surface area contributed by atoms with Crippen LogP contribution in [-0.2, 0) is 0 Å². The molecule has 0 bridgehead atoms. The second-order valence-electron chi connectivity index (χ2n) is 5.36. The van der Waals surface area contributed by atoms with E-state index >= 15 is 0 Å². The van der Waals surface area contributed by atoms with Gasteiger partial charge in [0.15, 0.2) is 0 Å². The highest BCUT2D eigenvalue weighted by atomic mass is 15.3. The van der Waals surface area contributed by atoms with Crippen LogP contribution in [0, 0.1) is 5.41 Å². The summed E-state index contributed by atoms with van der Waals surface area (Å²) in [5.41, 5.74) is 8.89. The highest BCUT2D eigenvalue weighted by Gasteiger charge is 2.43. The molecular weight excluding hydrogens is 224 g/mol. The third-order valence-electron chi connectivity index (χ3n) is 4.36. The van der Waals surface area contributed by atoms with Crippen molar-refractivity contribution in [3.63, 3.8) is 0 Å². The Hall–Kier alpha value is -1.55. The van der Waals surface area contributed by atoms with Gasteiger partial charge in [0.2, 0.25) is 0 Å². The molecular formula is C14H20N4. The molecule has 3 rings (SSSR count). The van der Waals surface area contributed by atoms with Gasteiger partial charge in [-0.1, -0.05) is 0 Å². The van der Waals surface area contributed by atoms with Crippen molar-refractivity contribution in [1.29, 1.82) is 5.41 Å². The summed E-state index contributed by atoms with van der Waals surface area (Å²) in [6.45, 7) is 3.16. The first-order chi connectivity index (χ1) is 8.75. The van der Waals surface area contributed by atoms with Gasteiger partial charge in [-0.3, -0.25) is 0 Å². The Balaban J connectivity index is 1.95. The van der Waals surface area contributed by atoms with Gasteiger partial charge in [0.25, 0.3) is 0 Å². The summed E-state index contributed by atoms with van der Waals surface area (Å²) in [6, 6.07) is 6.06. The Morgan fingerprint density at radius 2 is 2.22 bits per heavy atom. The normalized spacial score (nSPS) is 21.7. The van der Waals surface area contributed by atoms with Gasteiger partial charge in [0, 0.05) is 42.8 Å². The van der Waals surface area contributed by atoms with Gasteiger partial charge in [0.05, 0.1) is 5.54 Å². The summed E-state index contributed by atoms with van der Waals surface area (Å²) in [7, 11) is 0. The standard InChI is InChI=1S/C14H20N4/c15-9-11-8-12(2-3-13(11)16)18-7-6-17-10-14(18)4-1-5-14/h2-3,8-9,15,17H,1,4-7,10,16H2. The Morgan fingerprint density at radius 1 is 1.39 bits per heavy atom. The van der Waals surface area contributed by atoms with Gasteiger partial charge in [0.1, 0.15) is 0 Å². The molecule has 0 atom stereocenters. The zero-order valence-corrected chi connectivity index (χ0v) is 10.6. The molecule has 1 aromatic carbocycles. The molecule has 96 valence electrons. The van der Waals surface area contributed by atoms with Crippen LogP contribution in [0.3, 0.4) is 0 Å². The monoisotopic (exact) mass is 244 g/mol. The average molecular weight is 244 g/mol. The van der Waals surface area contributed by atoms with Crippen molar-refractivity contribution in [2.75, 3.05) is 30.3 Å². The number of nitrogens with one attached hydrogen (secondary N) is 2. The quantitative estimate of drug-likeness (QED) is 0.547. The topological polar surface area (TPSA) is 65.1 Å². The molecule has 1 saturated carbocycles. The lowest BCUT2D eigenvalue weighted by atomic mass is 9.74. The highest BCUT2D eigenvalue weighted by Crippen LogP contribution is 2.41. The summed E-state index contributed by atoms with van der Waals surface area (Å²) in [4.78, 5) is 2.51. The maximum atomic E-state index is 7.42. The third-order valence-corrected chi connectivity index (χ3v) is 4.36. The van der Waals surface area contributed by atoms with Crippen LogP contribution in [0.5, 0.6) is 0 Å². The highest BCUT2D eigenvalue weighted by molar-refractivity contribution is 5.86. The number of hydrogen-bond acceptors (Lipinski definition) is 4. The third kappa shape index (κ3) is 1.68. The number of nitrogens with zero attached hydrogens (tertiary/aromatic N) is 1. The molecule has 1 aliphatic carbocycles. The number of anilines is 2. The van der Waals surface area contributed by atoms with E-state index in [1.165, 1.54) is 31.2 Å². The zero-order valence-electron chi connectivity index (χ0n) is 10.6. The Labute approximate surface area is 108 Å². The second-order valence-corrected chi connectivity index (χ2v) is 5.36. The van der Waals surface area contributed by atoms with E-state index in [9.17, 15) is 0 Å². The number of benzene rings is 1. The van der Waals surface area contributed by atoms with E-state index in [1.807, 2.05) is 12.1 Å². The second kappa shape index (κ2) is 4.28. The number of nitrogen functional groups attached to an aromatic ring is 1. The molecule has 1 saturated heterocycles. The summed E-state index contributed by atoms with van der Waals surface area (Å²) < 4.78 is 0.